The largest absolute Gasteiger partial charge is 0.416 e. The van der Waals surface area contributed by atoms with Gasteiger partial charge in [0, 0.05) is 0 Å². The molecule has 0 nitrogen and oxygen atoms in total. The minimum atomic E-state index is -4.30. The van der Waals surface area contributed by atoms with Crippen molar-refractivity contribution in [1.29, 1.82) is 0 Å². The van der Waals surface area contributed by atoms with Crippen molar-refractivity contribution in [1.82, 2.24) is 0 Å². The van der Waals surface area contributed by atoms with E-state index in [2.05, 4.69) is 0 Å². The standard InChI is InChI=1S/C16H15F3.C2H6/c1-2-6-13-9-10-14(11-15(13)16(17,18)19)12-7-4-3-5-8-12;1-2/h3-5,7-11H,2,6H2,1H3;1-2H3. The molecule has 0 aliphatic carbocycles. The third-order valence-corrected chi connectivity index (χ3v) is 3.04. The van der Waals surface area contributed by atoms with Gasteiger partial charge in [0.05, 0.1) is 5.56 Å². The summed E-state index contributed by atoms with van der Waals surface area (Å²) in [5, 5.41) is 0. The molecule has 0 unspecified atom stereocenters. The summed E-state index contributed by atoms with van der Waals surface area (Å²) in [5.74, 6) is 0. The minimum Gasteiger partial charge on any atom is -0.166 e. The summed E-state index contributed by atoms with van der Waals surface area (Å²) in [7, 11) is 0. The van der Waals surface area contributed by atoms with Crippen LogP contribution in [0, 0.1) is 0 Å². The number of rotatable bonds is 3. The van der Waals surface area contributed by atoms with Gasteiger partial charge in [0.15, 0.2) is 0 Å². The SMILES string of the molecule is CC.CCCc1ccc(-c2ccccc2)cc1C(F)(F)F. The highest BCUT2D eigenvalue weighted by atomic mass is 19.4. The van der Waals surface area contributed by atoms with Gasteiger partial charge in [-0.25, -0.2) is 0 Å². The lowest BCUT2D eigenvalue weighted by molar-refractivity contribution is -0.138. The average molecular weight is 294 g/mol. The summed E-state index contributed by atoms with van der Waals surface area (Å²) in [6.45, 7) is 5.88. The fourth-order valence-corrected chi connectivity index (χ4v) is 2.14. The summed E-state index contributed by atoms with van der Waals surface area (Å²) < 4.78 is 39.2. The Kier molecular flexibility index (Phi) is 6.47. The van der Waals surface area contributed by atoms with Crippen molar-refractivity contribution in [3.05, 3.63) is 59.7 Å². The molecule has 0 aliphatic rings. The normalized spacial score (nSPS) is 10.8. The highest BCUT2D eigenvalue weighted by Gasteiger charge is 2.33. The van der Waals surface area contributed by atoms with Gasteiger partial charge in [-0.3, -0.25) is 0 Å². The highest BCUT2D eigenvalue weighted by molar-refractivity contribution is 5.65. The molecule has 114 valence electrons. The predicted molar refractivity (Wildman–Crippen MR) is 82.2 cm³/mol. The number of alkyl halides is 3. The molecule has 2 aromatic carbocycles. The molecule has 0 fully saturated rings. The van der Waals surface area contributed by atoms with Crippen LogP contribution in [0.1, 0.15) is 38.3 Å². The minimum absolute atomic E-state index is 0.370. The molecular formula is C18H21F3. The Morgan fingerprint density at radius 1 is 0.857 bits per heavy atom. The molecule has 0 heterocycles. The van der Waals surface area contributed by atoms with E-state index < -0.39 is 11.7 Å². The van der Waals surface area contributed by atoms with E-state index in [9.17, 15) is 13.2 Å². The lowest BCUT2D eigenvalue weighted by Gasteiger charge is -2.14. The van der Waals surface area contributed by atoms with E-state index >= 15 is 0 Å². The van der Waals surface area contributed by atoms with Crippen molar-refractivity contribution in [2.45, 2.75) is 39.8 Å². The lowest BCUT2D eigenvalue weighted by atomic mass is 9.96. The van der Waals surface area contributed by atoms with Gasteiger partial charge in [-0.1, -0.05) is 69.7 Å². The van der Waals surface area contributed by atoms with E-state index in [4.69, 9.17) is 0 Å². The molecule has 0 aromatic heterocycles. The van der Waals surface area contributed by atoms with Gasteiger partial charge in [0.1, 0.15) is 0 Å². The Balaban J connectivity index is 0.00000106. The highest BCUT2D eigenvalue weighted by Crippen LogP contribution is 2.35. The van der Waals surface area contributed by atoms with Gasteiger partial charge >= 0.3 is 6.18 Å². The second-order valence-corrected chi connectivity index (χ2v) is 4.49. The van der Waals surface area contributed by atoms with Crippen LogP contribution in [0.4, 0.5) is 13.2 Å². The Bertz CT molecular complexity index is 542. The Labute approximate surface area is 124 Å². The van der Waals surface area contributed by atoms with Crippen LogP contribution in [0.2, 0.25) is 0 Å². The maximum atomic E-state index is 13.1. The van der Waals surface area contributed by atoms with E-state index in [1.807, 2.05) is 51.1 Å². The molecule has 2 rings (SSSR count). The van der Waals surface area contributed by atoms with Crippen molar-refractivity contribution < 1.29 is 13.2 Å². The molecule has 0 bridgehead atoms. The van der Waals surface area contributed by atoms with E-state index in [1.165, 1.54) is 6.07 Å². The molecular weight excluding hydrogens is 273 g/mol. The summed E-state index contributed by atoms with van der Waals surface area (Å²) in [6, 6.07) is 13.7. The maximum absolute atomic E-state index is 13.1. The van der Waals surface area contributed by atoms with Crippen LogP contribution >= 0.6 is 0 Å². The summed E-state index contributed by atoms with van der Waals surface area (Å²) >= 11 is 0. The third-order valence-electron chi connectivity index (χ3n) is 3.04. The van der Waals surface area contributed by atoms with Crippen LogP contribution in [0.3, 0.4) is 0 Å². The molecule has 0 atom stereocenters. The van der Waals surface area contributed by atoms with Crippen LogP contribution in [-0.2, 0) is 12.6 Å². The molecule has 0 amide bonds. The van der Waals surface area contributed by atoms with E-state index in [-0.39, 0.29) is 0 Å². The zero-order valence-corrected chi connectivity index (χ0v) is 12.7. The maximum Gasteiger partial charge on any atom is 0.416 e. The molecule has 0 N–H and O–H groups in total. The first kappa shape index (κ1) is 17.3. The van der Waals surface area contributed by atoms with Gasteiger partial charge in [-0.2, -0.15) is 13.2 Å². The smallest absolute Gasteiger partial charge is 0.166 e. The first-order valence-electron chi connectivity index (χ1n) is 7.28. The Morgan fingerprint density at radius 3 is 2.00 bits per heavy atom. The molecule has 0 saturated heterocycles. The second kappa shape index (κ2) is 7.87. The van der Waals surface area contributed by atoms with Crippen molar-refractivity contribution in [3.63, 3.8) is 0 Å². The second-order valence-electron chi connectivity index (χ2n) is 4.49. The topological polar surface area (TPSA) is 0 Å². The zero-order chi connectivity index (χ0) is 15.9. The van der Waals surface area contributed by atoms with E-state index in [0.29, 0.717) is 24.0 Å². The summed E-state index contributed by atoms with van der Waals surface area (Å²) in [5.41, 5.74) is 1.26. The van der Waals surface area contributed by atoms with Crippen LogP contribution in [0.25, 0.3) is 11.1 Å². The van der Waals surface area contributed by atoms with Crippen molar-refractivity contribution in [3.8, 4) is 11.1 Å². The Morgan fingerprint density at radius 2 is 1.48 bits per heavy atom. The van der Waals surface area contributed by atoms with Gasteiger partial charge in [-0.15, -0.1) is 0 Å². The lowest BCUT2D eigenvalue weighted by Crippen LogP contribution is -2.09. The molecule has 0 spiro atoms. The fraction of sp³-hybridized carbons (Fsp3) is 0.333. The number of hydrogen-bond acceptors (Lipinski definition) is 0. The van der Waals surface area contributed by atoms with E-state index in [0.717, 1.165) is 5.56 Å². The summed E-state index contributed by atoms with van der Waals surface area (Å²) in [6.07, 6.45) is -3.15. The first-order valence-corrected chi connectivity index (χ1v) is 7.28. The van der Waals surface area contributed by atoms with Crippen molar-refractivity contribution in [2.24, 2.45) is 0 Å². The molecule has 3 heteroatoms. The van der Waals surface area contributed by atoms with Crippen molar-refractivity contribution >= 4 is 0 Å². The summed E-state index contributed by atoms with van der Waals surface area (Å²) in [4.78, 5) is 0. The molecule has 0 aliphatic heterocycles. The zero-order valence-electron chi connectivity index (χ0n) is 12.7. The Hall–Kier alpha value is -1.77. The molecule has 2 aromatic rings. The average Bonchev–Trinajstić information content (AvgIpc) is 2.50. The number of hydrogen-bond donors (Lipinski definition) is 0. The quantitative estimate of drug-likeness (QED) is 0.618. The number of aryl methyl sites for hydroxylation is 1. The fourth-order valence-electron chi connectivity index (χ4n) is 2.14. The van der Waals surface area contributed by atoms with Crippen molar-refractivity contribution in [2.75, 3.05) is 0 Å². The monoisotopic (exact) mass is 294 g/mol. The predicted octanol–water partition coefficient (Wildman–Crippen LogP) is 6.35. The first-order chi connectivity index (χ1) is 10.0. The molecule has 0 radical (unpaired) electrons. The number of halogens is 3. The molecule has 0 saturated carbocycles. The van der Waals surface area contributed by atoms with Crippen LogP contribution in [-0.4, -0.2) is 0 Å². The van der Waals surface area contributed by atoms with Gasteiger partial charge in [0.25, 0.3) is 0 Å². The van der Waals surface area contributed by atoms with Gasteiger partial charge in [0.2, 0.25) is 0 Å². The number of benzene rings is 2. The van der Waals surface area contributed by atoms with Gasteiger partial charge < -0.3 is 0 Å². The van der Waals surface area contributed by atoms with Crippen LogP contribution in [0.5, 0.6) is 0 Å². The third kappa shape index (κ3) is 4.62. The van der Waals surface area contributed by atoms with Crippen LogP contribution in [0.15, 0.2) is 48.5 Å². The van der Waals surface area contributed by atoms with Gasteiger partial charge in [-0.05, 0) is 29.2 Å². The van der Waals surface area contributed by atoms with E-state index in [1.54, 1.807) is 12.1 Å². The van der Waals surface area contributed by atoms with Crippen LogP contribution < -0.4 is 0 Å². The molecule has 21 heavy (non-hydrogen) atoms.